The van der Waals surface area contributed by atoms with E-state index in [1.165, 1.54) is 0 Å². The summed E-state index contributed by atoms with van der Waals surface area (Å²) < 4.78 is 5.05. The average Bonchev–Trinajstić information content (AvgIpc) is 2.60. The summed E-state index contributed by atoms with van der Waals surface area (Å²) in [5.74, 6) is 0.701. The summed E-state index contributed by atoms with van der Waals surface area (Å²) in [5.41, 5.74) is 5.55. The lowest BCUT2D eigenvalue weighted by Gasteiger charge is -2.34. The monoisotopic (exact) mass is 182 g/mol. The third kappa shape index (κ3) is 1.09. The van der Waals surface area contributed by atoms with Crippen molar-refractivity contribution in [2.24, 2.45) is 11.7 Å². The summed E-state index contributed by atoms with van der Waals surface area (Å²) in [6.45, 7) is 2.18. The van der Waals surface area contributed by atoms with E-state index in [1.54, 1.807) is 6.20 Å². The number of nitrogens with zero attached hydrogens (tertiary/aromatic N) is 1. The Labute approximate surface area is 76.7 Å². The van der Waals surface area contributed by atoms with Crippen LogP contribution in [0.25, 0.3) is 0 Å². The fourth-order valence-electron chi connectivity index (χ4n) is 1.92. The van der Waals surface area contributed by atoms with Crippen molar-refractivity contribution in [1.82, 2.24) is 5.16 Å². The first-order chi connectivity index (χ1) is 6.18. The molecule has 4 nitrogen and oxygen atoms in total. The Hall–Kier alpha value is -0.870. The Kier molecular flexibility index (Phi) is 1.89. The second-order valence-corrected chi connectivity index (χ2v) is 3.75. The van der Waals surface area contributed by atoms with Crippen LogP contribution < -0.4 is 5.73 Å². The molecule has 0 spiro atoms. The Morgan fingerprint density at radius 3 is 3.31 bits per heavy atom. The standard InChI is InChI=1S/C9H14N2O2/c1-6-2-3-7-4-11-13-8(7)9(6,12)5-10/h4,6,12H,2-3,5,10H2,1H3. The number of fused-ring (bicyclic) bond motifs is 1. The summed E-state index contributed by atoms with van der Waals surface area (Å²) in [7, 11) is 0. The van der Waals surface area contributed by atoms with Gasteiger partial charge in [-0.05, 0) is 18.8 Å². The van der Waals surface area contributed by atoms with Crippen molar-refractivity contribution in [2.75, 3.05) is 6.54 Å². The highest BCUT2D eigenvalue weighted by Crippen LogP contribution is 2.38. The van der Waals surface area contributed by atoms with E-state index in [4.69, 9.17) is 10.3 Å². The van der Waals surface area contributed by atoms with Crippen molar-refractivity contribution in [3.8, 4) is 0 Å². The minimum Gasteiger partial charge on any atom is -0.380 e. The van der Waals surface area contributed by atoms with Crippen LogP contribution >= 0.6 is 0 Å². The predicted molar refractivity (Wildman–Crippen MR) is 46.9 cm³/mol. The molecule has 0 aliphatic heterocycles. The molecule has 0 fully saturated rings. The average molecular weight is 182 g/mol. The van der Waals surface area contributed by atoms with Crippen LogP contribution in [-0.4, -0.2) is 16.8 Å². The molecule has 0 amide bonds. The van der Waals surface area contributed by atoms with E-state index < -0.39 is 5.60 Å². The summed E-state index contributed by atoms with van der Waals surface area (Å²) in [5, 5.41) is 13.9. The number of aliphatic hydroxyl groups is 1. The normalized spacial score (nSPS) is 33.0. The van der Waals surface area contributed by atoms with Crippen molar-refractivity contribution in [2.45, 2.75) is 25.4 Å². The molecule has 1 aromatic rings. The highest BCUT2D eigenvalue weighted by atomic mass is 16.5. The van der Waals surface area contributed by atoms with Gasteiger partial charge in [-0.3, -0.25) is 0 Å². The Bertz CT molecular complexity index is 310. The summed E-state index contributed by atoms with van der Waals surface area (Å²) in [4.78, 5) is 0. The van der Waals surface area contributed by atoms with Gasteiger partial charge in [-0.1, -0.05) is 12.1 Å². The molecule has 1 heterocycles. The van der Waals surface area contributed by atoms with Gasteiger partial charge in [-0.2, -0.15) is 0 Å². The molecule has 2 unspecified atom stereocenters. The lowest BCUT2D eigenvalue weighted by atomic mass is 9.76. The smallest absolute Gasteiger partial charge is 0.172 e. The molecular formula is C9H14N2O2. The van der Waals surface area contributed by atoms with Gasteiger partial charge >= 0.3 is 0 Å². The number of rotatable bonds is 1. The molecule has 1 aromatic heterocycles. The van der Waals surface area contributed by atoms with Crippen LogP contribution in [0.2, 0.25) is 0 Å². The largest absolute Gasteiger partial charge is 0.380 e. The van der Waals surface area contributed by atoms with Crippen LogP contribution in [0.4, 0.5) is 0 Å². The molecule has 72 valence electrons. The Morgan fingerprint density at radius 2 is 2.62 bits per heavy atom. The number of nitrogens with two attached hydrogens (primary N) is 1. The molecule has 13 heavy (non-hydrogen) atoms. The molecule has 2 atom stereocenters. The van der Waals surface area contributed by atoms with Crippen molar-refractivity contribution < 1.29 is 9.63 Å². The maximum Gasteiger partial charge on any atom is 0.172 e. The van der Waals surface area contributed by atoms with Gasteiger partial charge in [0.15, 0.2) is 5.76 Å². The summed E-state index contributed by atoms with van der Waals surface area (Å²) in [6, 6.07) is 0. The highest BCUT2D eigenvalue weighted by Gasteiger charge is 2.42. The molecule has 3 N–H and O–H groups in total. The fourth-order valence-corrected chi connectivity index (χ4v) is 1.92. The lowest BCUT2D eigenvalue weighted by Crippen LogP contribution is -2.43. The van der Waals surface area contributed by atoms with Gasteiger partial charge in [0.2, 0.25) is 0 Å². The molecule has 0 saturated carbocycles. The van der Waals surface area contributed by atoms with Crippen LogP contribution in [0.5, 0.6) is 0 Å². The SMILES string of the molecule is CC1CCc2cnoc2C1(O)CN. The third-order valence-electron chi connectivity index (χ3n) is 3.01. The first kappa shape index (κ1) is 8.72. The van der Waals surface area contributed by atoms with Gasteiger partial charge in [0.25, 0.3) is 0 Å². The van der Waals surface area contributed by atoms with E-state index in [1.807, 2.05) is 6.92 Å². The Balaban J connectivity index is 2.47. The second-order valence-electron chi connectivity index (χ2n) is 3.75. The second kappa shape index (κ2) is 2.82. The minimum absolute atomic E-state index is 0.137. The number of aryl methyl sites for hydroxylation is 1. The first-order valence-electron chi connectivity index (χ1n) is 4.55. The van der Waals surface area contributed by atoms with Gasteiger partial charge in [0, 0.05) is 12.1 Å². The molecule has 0 radical (unpaired) electrons. The van der Waals surface area contributed by atoms with E-state index >= 15 is 0 Å². The zero-order valence-electron chi connectivity index (χ0n) is 7.66. The van der Waals surface area contributed by atoms with Crippen LogP contribution in [-0.2, 0) is 12.0 Å². The Morgan fingerprint density at radius 1 is 1.85 bits per heavy atom. The third-order valence-corrected chi connectivity index (χ3v) is 3.01. The minimum atomic E-state index is -1.01. The molecule has 0 aromatic carbocycles. The van der Waals surface area contributed by atoms with Gasteiger partial charge in [-0.25, -0.2) is 0 Å². The van der Waals surface area contributed by atoms with E-state index in [2.05, 4.69) is 5.16 Å². The molecule has 4 heteroatoms. The van der Waals surface area contributed by atoms with Crippen molar-refractivity contribution in [3.05, 3.63) is 17.5 Å². The lowest BCUT2D eigenvalue weighted by molar-refractivity contribution is -0.0420. The van der Waals surface area contributed by atoms with Gasteiger partial charge in [0.05, 0.1) is 6.20 Å². The number of aromatic nitrogens is 1. The maximum absolute atomic E-state index is 10.2. The summed E-state index contributed by atoms with van der Waals surface area (Å²) in [6.07, 6.45) is 3.52. The van der Waals surface area contributed by atoms with Crippen LogP contribution in [0.3, 0.4) is 0 Å². The van der Waals surface area contributed by atoms with Crippen molar-refractivity contribution >= 4 is 0 Å². The molecule has 1 aliphatic carbocycles. The van der Waals surface area contributed by atoms with Crippen molar-refractivity contribution in [1.29, 1.82) is 0 Å². The maximum atomic E-state index is 10.2. The highest BCUT2D eigenvalue weighted by molar-refractivity contribution is 5.25. The van der Waals surface area contributed by atoms with E-state index in [9.17, 15) is 5.11 Å². The predicted octanol–water partition coefficient (Wildman–Crippen LogP) is 0.403. The van der Waals surface area contributed by atoms with E-state index in [0.29, 0.717) is 5.76 Å². The van der Waals surface area contributed by atoms with Gasteiger partial charge in [-0.15, -0.1) is 0 Å². The zero-order valence-corrected chi connectivity index (χ0v) is 7.66. The summed E-state index contributed by atoms with van der Waals surface area (Å²) >= 11 is 0. The van der Waals surface area contributed by atoms with Gasteiger partial charge < -0.3 is 15.4 Å². The number of hydrogen-bond donors (Lipinski definition) is 2. The molecule has 2 rings (SSSR count). The van der Waals surface area contributed by atoms with Crippen LogP contribution in [0.1, 0.15) is 24.7 Å². The molecule has 0 bridgehead atoms. The van der Waals surface area contributed by atoms with Crippen LogP contribution in [0.15, 0.2) is 10.7 Å². The van der Waals surface area contributed by atoms with Crippen molar-refractivity contribution in [3.63, 3.8) is 0 Å². The zero-order chi connectivity index (χ0) is 9.47. The molecular weight excluding hydrogens is 168 g/mol. The van der Waals surface area contributed by atoms with E-state index in [-0.39, 0.29) is 12.5 Å². The number of hydrogen-bond acceptors (Lipinski definition) is 4. The topological polar surface area (TPSA) is 72.3 Å². The van der Waals surface area contributed by atoms with E-state index in [0.717, 1.165) is 18.4 Å². The first-order valence-corrected chi connectivity index (χ1v) is 4.55. The molecule has 0 saturated heterocycles. The quantitative estimate of drug-likeness (QED) is 0.659. The molecule has 1 aliphatic rings. The fraction of sp³-hybridized carbons (Fsp3) is 0.667. The van der Waals surface area contributed by atoms with Crippen LogP contribution in [0, 0.1) is 5.92 Å². The van der Waals surface area contributed by atoms with Gasteiger partial charge in [0.1, 0.15) is 5.60 Å².